The summed E-state index contributed by atoms with van der Waals surface area (Å²) in [4.78, 5) is 8.13. The highest BCUT2D eigenvalue weighted by Crippen LogP contribution is 1.99. The molecule has 0 amide bonds. The van der Waals surface area contributed by atoms with Crippen LogP contribution < -0.4 is 5.43 Å². The van der Waals surface area contributed by atoms with Gasteiger partial charge in [0.15, 0.2) is 4.32 Å². The lowest BCUT2D eigenvalue weighted by atomic mass is 10.2. The molecule has 0 aliphatic carbocycles. The van der Waals surface area contributed by atoms with E-state index in [9.17, 15) is 0 Å². The number of aromatic nitrogens is 2. The van der Waals surface area contributed by atoms with Crippen molar-refractivity contribution in [3.63, 3.8) is 0 Å². The fourth-order valence-electron chi connectivity index (χ4n) is 0.885. The molecule has 4 nitrogen and oxygen atoms in total. The highest BCUT2D eigenvalue weighted by Gasteiger charge is 1.99. The Kier molecular flexibility index (Phi) is 4.64. The summed E-state index contributed by atoms with van der Waals surface area (Å²) >= 11 is 6.41. The van der Waals surface area contributed by atoms with Gasteiger partial charge < -0.3 is 0 Å². The zero-order chi connectivity index (χ0) is 11.3. The van der Waals surface area contributed by atoms with Crippen LogP contribution in [0.25, 0.3) is 0 Å². The topological polar surface area (TPSA) is 50.2 Å². The molecule has 0 radical (unpaired) electrons. The zero-order valence-corrected chi connectivity index (χ0v) is 10.4. The molecule has 1 aromatic rings. The molecule has 1 heterocycles. The Balaban J connectivity index is 2.75. The monoisotopic (exact) mass is 240 g/mol. The lowest BCUT2D eigenvalue weighted by Crippen LogP contribution is -2.14. The van der Waals surface area contributed by atoms with Crippen LogP contribution in [0.5, 0.6) is 0 Å². The first-order chi connectivity index (χ1) is 7.13. The maximum absolute atomic E-state index is 4.96. The third-order valence-corrected chi connectivity index (χ3v) is 2.73. The molecule has 80 valence electrons. The lowest BCUT2D eigenvalue weighted by molar-refractivity contribution is 1.04. The smallest absolute Gasteiger partial charge is 0.153 e. The van der Waals surface area contributed by atoms with Crippen molar-refractivity contribution in [1.29, 1.82) is 0 Å². The van der Waals surface area contributed by atoms with E-state index >= 15 is 0 Å². The molecule has 0 aliphatic rings. The van der Waals surface area contributed by atoms with E-state index in [-0.39, 0.29) is 0 Å². The van der Waals surface area contributed by atoms with Crippen molar-refractivity contribution in [1.82, 2.24) is 15.4 Å². The normalized spacial score (nSPS) is 11.3. The van der Waals surface area contributed by atoms with Gasteiger partial charge in [0, 0.05) is 5.69 Å². The van der Waals surface area contributed by atoms with Crippen LogP contribution >= 0.6 is 24.0 Å². The third-order valence-electron chi connectivity index (χ3n) is 1.67. The molecule has 1 aromatic heterocycles. The van der Waals surface area contributed by atoms with Gasteiger partial charge in [0.2, 0.25) is 0 Å². The molecule has 0 saturated carbocycles. The second-order valence-electron chi connectivity index (χ2n) is 2.85. The first-order valence-corrected chi connectivity index (χ1v) is 5.94. The fraction of sp³-hybridized carbons (Fsp3) is 0.333. The van der Waals surface area contributed by atoms with E-state index in [4.69, 9.17) is 12.2 Å². The van der Waals surface area contributed by atoms with Crippen LogP contribution in [-0.2, 0) is 0 Å². The molecule has 15 heavy (non-hydrogen) atoms. The molecule has 0 unspecified atom stereocenters. The van der Waals surface area contributed by atoms with Gasteiger partial charge in [-0.05, 0) is 26.2 Å². The Hall–Kier alpha value is -1.01. The molecule has 0 bridgehead atoms. The van der Waals surface area contributed by atoms with Crippen LogP contribution in [0.3, 0.4) is 0 Å². The molecule has 6 heteroatoms. The first kappa shape index (κ1) is 12.1. The summed E-state index contributed by atoms with van der Waals surface area (Å²) in [5.74, 6) is 0. The fourth-order valence-corrected chi connectivity index (χ4v) is 1.07. The van der Waals surface area contributed by atoms with Gasteiger partial charge in [0.25, 0.3) is 0 Å². The van der Waals surface area contributed by atoms with Gasteiger partial charge in [-0.2, -0.15) is 5.10 Å². The summed E-state index contributed by atoms with van der Waals surface area (Å²) in [6.07, 6.45) is 3.42. The highest BCUT2D eigenvalue weighted by atomic mass is 32.2. The van der Waals surface area contributed by atoms with Crippen molar-refractivity contribution in [3.05, 3.63) is 23.8 Å². The summed E-state index contributed by atoms with van der Waals surface area (Å²) in [5, 5.41) is 4.12. The molecule has 0 spiro atoms. The molecular formula is C9H12N4S2. The van der Waals surface area contributed by atoms with Crippen LogP contribution in [0, 0.1) is 6.92 Å². The first-order valence-electron chi connectivity index (χ1n) is 4.30. The van der Waals surface area contributed by atoms with E-state index in [2.05, 4.69) is 20.5 Å². The van der Waals surface area contributed by atoms with Crippen molar-refractivity contribution >= 4 is 34.0 Å². The maximum Gasteiger partial charge on any atom is 0.153 e. The van der Waals surface area contributed by atoms with E-state index in [1.807, 2.05) is 26.2 Å². The van der Waals surface area contributed by atoms with E-state index in [1.54, 1.807) is 0 Å². The molecule has 1 rings (SSSR count). The van der Waals surface area contributed by atoms with Gasteiger partial charge >= 0.3 is 0 Å². The second-order valence-corrected chi connectivity index (χ2v) is 4.33. The van der Waals surface area contributed by atoms with Crippen molar-refractivity contribution in [2.45, 2.75) is 13.8 Å². The summed E-state index contributed by atoms with van der Waals surface area (Å²) in [5.41, 5.74) is 5.28. The number of hydrogen-bond donors (Lipinski definition) is 1. The minimum absolute atomic E-state index is 0.639. The van der Waals surface area contributed by atoms with Gasteiger partial charge in [-0.1, -0.05) is 24.0 Å². The number of thiocarbonyl (C=S) groups is 1. The van der Waals surface area contributed by atoms with Crippen LogP contribution in [-0.4, -0.2) is 26.3 Å². The van der Waals surface area contributed by atoms with Crippen LogP contribution in [0.1, 0.15) is 18.3 Å². The van der Waals surface area contributed by atoms with Gasteiger partial charge in [0.05, 0.1) is 11.4 Å². The van der Waals surface area contributed by atoms with Crippen molar-refractivity contribution in [2.75, 3.05) is 6.26 Å². The molecule has 0 atom stereocenters. The van der Waals surface area contributed by atoms with Crippen molar-refractivity contribution in [3.8, 4) is 0 Å². The average Bonchev–Trinajstić information content (AvgIpc) is 2.25. The Bertz CT molecular complexity index is 389. The van der Waals surface area contributed by atoms with Crippen molar-refractivity contribution in [2.24, 2.45) is 5.10 Å². The summed E-state index contributed by atoms with van der Waals surface area (Å²) < 4.78 is 0.639. The Labute approximate surface area is 98.6 Å². The van der Waals surface area contributed by atoms with Gasteiger partial charge in [-0.25, -0.2) is 9.97 Å². The van der Waals surface area contributed by atoms with E-state index in [0.717, 1.165) is 17.1 Å². The highest BCUT2D eigenvalue weighted by molar-refractivity contribution is 8.22. The standard InChI is InChI=1S/C9H12N4S2/c1-6-4-8(11-5-10-6)7(2)12-13-9(14)15-3/h4-5H,1-3H3,(H,13,14)/b12-7+. The minimum Gasteiger partial charge on any atom is -0.262 e. The Morgan fingerprint density at radius 3 is 2.87 bits per heavy atom. The van der Waals surface area contributed by atoms with E-state index in [1.165, 1.54) is 18.1 Å². The number of rotatable bonds is 2. The lowest BCUT2D eigenvalue weighted by Gasteiger charge is -2.02. The van der Waals surface area contributed by atoms with Crippen LogP contribution in [0.15, 0.2) is 17.5 Å². The number of nitrogens with zero attached hydrogens (tertiary/aromatic N) is 3. The van der Waals surface area contributed by atoms with E-state index in [0.29, 0.717) is 4.32 Å². The molecule has 0 aliphatic heterocycles. The summed E-state index contributed by atoms with van der Waals surface area (Å²) in [7, 11) is 0. The van der Waals surface area contributed by atoms with Crippen LogP contribution in [0.4, 0.5) is 0 Å². The zero-order valence-electron chi connectivity index (χ0n) is 8.81. The quantitative estimate of drug-likeness (QED) is 0.485. The molecule has 0 saturated heterocycles. The van der Waals surface area contributed by atoms with Crippen LogP contribution in [0.2, 0.25) is 0 Å². The molecule has 1 N–H and O–H groups in total. The van der Waals surface area contributed by atoms with Crippen molar-refractivity contribution < 1.29 is 0 Å². The summed E-state index contributed by atoms with van der Waals surface area (Å²) in [6, 6.07) is 1.88. The molecule has 0 aromatic carbocycles. The van der Waals surface area contributed by atoms with Gasteiger partial charge in [0.1, 0.15) is 6.33 Å². The number of thioether (sulfide) groups is 1. The minimum atomic E-state index is 0.639. The third kappa shape index (κ3) is 3.93. The number of hydrazone groups is 1. The largest absolute Gasteiger partial charge is 0.262 e. The molecule has 0 fully saturated rings. The molecular weight excluding hydrogens is 228 g/mol. The predicted molar refractivity (Wildman–Crippen MR) is 68.2 cm³/mol. The Morgan fingerprint density at radius 1 is 1.53 bits per heavy atom. The number of nitrogens with one attached hydrogen (secondary N) is 1. The predicted octanol–water partition coefficient (Wildman–Crippen LogP) is 1.75. The van der Waals surface area contributed by atoms with Gasteiger partial charge in [-0.15, -0.1) is 0 Å². The SMILES string of the molecule is CSC(=S)N/N=C(\C)c1cc(C)ncn1. The number of aryl methyl sites for hydroxylation is 1. The average molecular weight is 240 g/mol. The Morgan fingerprint density at radius 2 is 2.27 bits per heavy atom. The summed E-state index contributed by atoms with van der Waals surface area (Å²) in [6.45, 7) is 3.79. The number of hydrogen-bond acceptors (Lipinski definition) is 5. The van der Waals surface area contributed by atoms with Gasteiger partial charge in [-0.3, -0.25) is 5.43 Å². The van der Waals surface area contributed by atoms with E-state index < -0.39 is 0 Å². The maximum atomic E-state index is 4.96. The second kappa shape index (κ2) is 5.77.